The number of furan rings is 1. The van der Waals surface area contributed by atoms with Crippen molar-refractivity contribution < 1.29 is 24.5 Å². The first-order valence-corrected chi connectivity index (χ1v) is 26.3. The van der Waals surface area contributed by atoms with Gasteiger partial charge in [-0.15, -0.1) is 23.8 Å². The van der Waals surface area contributed by atoms with E-state index in [2.05, 4.69) is 150 Å². The standard InChI is InChI=1S/C29H27N2O.C19H26GeN.Ir/c1-5-20(6-2)21-14-15-30-26(17-21)22-10-13-27-24(16-22)23-11-12-25(31-29(23)32-27)28-18(3)8-7-9-19(28)4;1-19(2,3)13-16-12-18(15-10-8-7-9-11-15)21-14-17(16)20(4,5)6;/h7-9,11-17,20H,5-6H2,1-4H3;7-10,12,14H,13H2,1-6H3;/q2*-1;. The molecule has 0 saturated carbocycles. The van der Waals surface area contributed by atoms with E-state index in [1.807, 2.05) is 30.5 Å². The largest absolute Gasteiger partial charge is 0.486 e. The first-order valence-electron chi connectivity index (χ1n) is 19.0. The molecule has 0 aliphatic rings. The third-order valence-electron chi connectivity index (χ3n) is 10.0. The van der Waals surface area contributed by atoms with Crippen LogP contribution in [0.3, 0.4) is 0 Å². The zero-order valence-corrected chi connectivity index (χ0v) is 38.0. The Morgan fingerprint density at radius 2 is 1.48 bits per heavy atom. The molecule has 0 spiro atoms. The zero-order chi connectivity index (χ0) is 37.9. The van der Waals surface area contributed by atoms with E-state index in [1.54, 1.807) is 0 Å². The minimum atomic E-state index is -1.90. The summed E-state index contributed by atoms with van der Waals surface area (Å²) in [5.41, 5.74) is 13.2. The first-order chi connectivity index (χ1) is 25.3. The molecule has 6 heteroatoms. The van der Waals surface area contributed by atoms with Crippen molar-refractivity contribution in [2.75, 3.05) is 0 Å². The molecule has 281 valence electrons. The molecule has 0 aliphatic carbocycles. The Kier molecular flexibility index (Phi) is 13.2. The van der Waals surface area contributed by atoms with Crippen molar-refractivity contribution in [1.29, 1.82) is 0 Å². The third-order valence-corrected chi connectivity index (χ3v) is 14.4. The van der Waals surface area contributed by atoms with Gasteiger partial charge in [-0.25, -0.2) is 4.98 Å². The number of hydrogen-bond acceptors (Lipinski definition) is 4. The maximum Gasteiger partial charge on any atom is 0.216 e. The summed E-state index contributed by atoms with van der Waals surface area (Å²) in [5.74, 6) is 7.88. The minimum Gasteiger partial charge on any atom is -0.486 e. The molecule has 7 rings (SSSR count). The van der Waals surface area contributed by atoms with Crippen LogP contribution in [0.15, 0.2) is 102 Å². The smallest absolute Gasteiger partial charge is 0.216 e. The Labute approximate surface area is 339 Å². The zero-order valence-electron chi connectivity index (χ0n) is 33.5. The second-order valence-electron chi connectivity index (χ2n) is 16.5. The van der Waals surface area contributed by atoms with Gasteiger partial charge in [0.25, 0.3) is 0 Å². The van der Waals surface area contributed by atoms with Crippen LogP contribution in [0.5, 0.6) is 0 Å². The summed E-state index contributed by atoms with van der Waals surface area (Å²) in [5, 5.41) is 2.06. The molecule has 7 aromatic rings. The topological polar surface area (TPSA) is 51.8 Å². The molecule has 54 heavy (non-hydrogen) atoms. The van der Waals surface area contributed by atoms with Crippen LogP contribution in [0.1, 0.15) is 75.6 Å². The van der Waals surface area contributed by atoms with Crippen LogP contribution in [0.25, 0.3) is 55.8 Å². The van der Waals surface area contributed by atoms with Crippen LogP contribution in [0.4, 0.5) is 0 Å². The predicted molar refractivity (Wildman–Crippen MR) is 226 cm³/mol. The molecule has 0 aliphatic heterocycles. The summed E-state index contributed by atoms with van der Waals surface area (Å²) in [4.78, 5) is 14.2. The van der Waals surface area contributed by atoms with E-state index in [0.29, 0.717) is 17.0 Å². The number of aryl methyl sites for hydroxylation is 2. The molecule has 4 aromatic heterocycles. The van der Waals surface area contributed by atoms with Gasteiger partial charge < -0.3 is 9.40 Å². The van der Waals surface area contributed by atoms with Gasteiger partial charge in [0.2, 0.25) is 5.71 Å². The van der Waals surface area contributed by atoms with Crippen molar-refractivity contribution in [3.05, 3.63) is 132 Å². The van der Waals surface area contributed by atoms with Gasteiger partial charge in [-0.3, -0.25) is 0 Å². The fourth-order valence-electron chi connectivity index (χ4n) is 7.30. The van der Waals surface area contributed by atoms with Crippen molar-refractivity contribution >= 4 is 39.7 Å². The summed E-state index contributed by atoms with van der Waals surface area (Å²) in [6.45, 7) is 15.6. The van der Waals surface area contributed by atoms with Gasteiger partial charge in [-0.05, 0) is 67.6 Å². The summed E-state index contributed by atoms with van der Waals surface area (Å²) in [6, 6.07) is 35.9. The number of rotatable bonds is 8. The quantitative estimate of drug-likeness (QED) is 0.112. The second-order valence-corrected chi connectivity index (χ2v) is 27.1. The molecule has 0 bridgehead atoms. The molecule has 4 nitrogen and oxygen atoms in total. The average Bonchev–Trinajstić information content (AvgIpc) is 3.49. The minimum absolute atomic E-state index is 0. The Morgan fingerprint density at radius 3 is 2.13 bits per heavy atom. The predicted octanol–water partition coefficient (Wildman–Crippen LogP) is 12.7. The Morgan fingerprint density at radius 1 is 0.759 bits per heavy atom. The molecular formula is C48H53GeIrN3O-2. The molecule has 1 radical (unpaired) electrons. The number of aromatic nitrogens is 3. The molecule has 0 unspecified atom stereocenters. The van der Waals surface area contributed by atoms with Crippen LogP contribution in [-0.4, -0.2) is 28.2 Å². The summed E-state index contributed by atoms with van der Waals surface area (Å²) in [6.07, 6.45) is 7.41. The SMILES string of the molecule is CC(C)(C)Cc1cc(-c2[c-]cccc2)nc[c]1[Ge]([CH3])([CH3])[CH3].CCC(CC)c1ccnc(-c2[c-]cc3oc4nc(-c5c(C)cccc5C)ccc4c3c2)c1.[Ir]. The monoisotopic (exact) mass is 954 g/mol. The number of nitrogens with zero attached hydrogens (tertiary/aromatic N) is 3. The Hall–Kier alpha value is -3.90. The average molecular weight is 953 g/mol. The van der Waals surface area contributed by atoms with Crippen molar-refractivity contribution in [1.82, 2.24) is 15.0 Å². The maximum atomic E-state index is 6.12. The molecular weight excluding hydrogens is 899 g/mol. The summed E-state index contributed by atoms with van der Waals surface area (Å²) < 4.78 is 7.65. The van der Waals surface area contributed by atoms with Crippen LogP contribution in [0, 0.1) is 31.4 Å². The fraction of sp³-hybridized carbons (Fsp3) is 0.312. The number of hydrogen-bond donors (Lipinski definition) is 0. The van der Waals surface area contributed by atoms with E-state index in [9.17, 15) is 0 Å². The van der Waals surface area contributed by atoms with Gasteiger partial charge in [0, 0.05) is 37.3 Å². The maximum absolute atomic E-state index is 6.12. The van der Waals surface area contributed by atoms with Crippen molar-refractivity contribution in [2.24, 2.45) is 5.41 Å². The number of fused-ring (bicyclic) bond motifs is 3. The van der Waals surface area contributed by atoms with Crippen molar-refractivity contribution in [3.8, 4) is 33.8 Å². The summed E-state index contributed by atoms with van der Waals surface area (Å²) >= 11 is -1.90. The van der Waals surface area contributed by atoms with Crippen LogP contribution >= 0.6 is 0 Å². The molecule has 0 fully saturated rings. The van der Waals surface area contributed by atoms with E-state index >= 15 is 0 Å². The van der Waals surface area contributed by atoms with Crippen molar-refractivity contribution in [3.63, 3.8) is 0 Å². The number of benzene rings is 3. The molecule has 0 atom stereocenters. The molecule has 0 saturated heterocycles. The van der Waals surface area contributed by atoms with Gasteiger partial charge in [-0.1, -0.05) is 49.1 Å². The van der Waals surface area contributed by atoms with Gasteiger partial charge in [0.1, 0.15) is 0 Å². The number of pyridine rings is 3. The van der Waals surface area contributed by atoms with Crippen LogP contribution in [-0.2, 0) is 26.5 Å². The van der Waals surface area contributed by atoms with Crippen molar-refractivity contribution in [2.45, 2.75) is 90.9 Å². The van der Waals surface area contributed by atoms with E-state index in [-0.39, 0.29) is 20.1 Å². The fourth-order valence-corrected chi connectivity index (χ4v) is 10.6. The normalized spacial score (nSPS) is 11.8. The van der Waals surface area contributed by atoms with E-state index in [4.69, 9.17) is 14.4 Å². The molecule has 0 amide bonds. The molecule has 3 aromatic carbocycles. The summed E-state index contributed by atoms with van der Waals surface area (Å²) in [7, 11) is 0. The van der Waals surface area contributed by atoms with Gasteiger partial charge in [0.15, 0.2) is 0 Å². The Bertz CT molecular complexity index is 2330. The molecule has 4 heterocycles. The molecule has 0 N–H and O–H groups in total. The third kappa shape index (κ3) is 9.48. The van der Waals surface area contributed by atoms with Crippen LogP contribution in [0.2, 0.25) is 17.3 Å². The van der Waals surface area contributed by atoms with E-state index in [1.165, 1.54) is 32.2 Å². The van der Waals surface area contributed by atoms with Gasteiger partial charge >= 0.3 is 132 Å². The Balaban J connectivity index is 0.000000223. The van der Waals surface area contributed by atoms with Crippen LogP contribution < -0.4 is 4.40 Å². The van der Waals surface area contributed by atoms with Gasteiger partial charge in [0.05, 0.1) is 11.3 Å². The first kappa shape index (κ1) is 41.3. The van der Waals surface area contributed by atoms with Gasteiger partial charge in [-0.2, -0.15) is 0 Å². The second kappa shape index (κ2) is 17.3. The van der Waals surface area contributed by atoms with E-state index in [0.717, 1.165) is 63.8 Å². The van der Waals surface area contributed by atoms with E-state index < -0.39 is 13.3 Å².